The van der Waals surface area contributed by atoms with Crippen LogP contribution in [0.1, 0.15) is 24.5 Å². The third-order valence-corrected chi connectivity index (χ3v) is 3.35. The van der Waals surface area contributed by atoms with Crippen LogP contribution in [0.15, 0.2) is 30.3 Å². The quantitative estimate of drug-likeness (QED) is 0.804. The molecule has 3 nitrogen and oxygen atoms in total. The lowest BCUT2D eigenvalue weighted by atomic mass is 9.99. The minimum atomic E-state index is -0.457. The van der Waals surface area contributed by atoms with Gasteiger partial charge in [0.05, 0.1) is 6.10 Å². The number of rotatable bonds is 4. The highest BCUT2D eigenvalue weighted by Crippen LogP contribution is 2.19. The number of hydrogen-bond donors (Lipinski definition) is 1. The maximum absolute atomic E-state index is 10.8. The Labute approximate surface area is 102 Å². The Kier molecular flexibility index (Phi) is 4.29. The van der Waals surface area contributed by atoms with Gasteiger partial charge >= 0.3 is 0 Å². The van der Waals surface area contributed by atoms with Crippen molar-refractivity contribution in [3.63, 3.8) is 0 Å². The van der Waals surface area contributed by atoms with Gasteiger partial charge in [-0.05, 0) is 24.9 Å². The van der Waals surface area contributed by atoms with Crippen molar-refractivity contribution in [2.24, 2.45) is 5.92 Å². The molecule has 0 aromatic heterocycles. The van der Waals surface area contributed by atoms with Gasteiger partial charge in [-0.3, -0.25) is 4.90 Å². The number of piperidine rings is 1. The number of nitrogens with zero attached hydrogens (tertiary/aromatic N) is 1. The number of β-amino-alcohol motifs (C(OH)–C–C–N with tert-alkyl or cyclic N) is 1. The van der Waals surface area contributed by atoms with Crippen LogP contribution in [0.3, 0.4) is 0 Å². The van der Waals surface area contributed by atoms with Gasteiger partial charge in [-0.15, -0.1) is 0 Å². The molecule has 1 heterocycles. The van der Waals surface area contributed by atoms with Crippen molar-refractivity contribution in [3.05, 3.63) is 35.9 Å². The van der Waals surface area contributed by atoms with Crippen molar-refractivity contribution in [2.75, 3.05) is 19.6 Å². The number of aldehydes is 1. The average Bonchev–Trinajstić information content (AvgIpc) is 2.40. The van der Waals surface area contributed by atoms with E-state index < -0.39 is 6.10 Å². The van der Waals surface area contributed by atoms with Gasteiger partial charge in [0, 0.05) is 19.0 Å². The van der Waals surface area contributed by atoms with Crippen LogP contribution >= 0.6 is 0 Å². The van der Waals surface area contributed by atoms with E-state index in [0.29, 0.717) is 6.54 Å². The molecule has 17 heavy (non-hydrogen) atoms. The summed E-state index contributed by atoms with van der Waals surface area (Å²) in [6, 6.07) is 9.68. The molecule has 1 aromatic rings. The molecule has 0 amide bonds. The minimum absolute atomic E-state index is 0.145. The lowest BCUT2D eigenvalue weighted by Crippen LogP contribution is -2.38. The highest BCUT2D eigenvalue weighted by molar-refractivity contribution is 5.53. The van der Waals surface area contributed by atoms with Crippen molar-refractivity contribution in [1.29, 1.82) is 0 Å². The smallest absolute Gasteiger partial charge is 0.124 e. The molecule has 2 unspecified atom stereocenters. The summed E-state index contributed by atoms with van der Waals surface area (Å²) in [5, 5.41) is 10.1. The molecule has 1 N–H and O–H groups in total. The molecule has 1 aromatic carbocycles. The lowest BCUT2D eigenvalue weighted by Gasteiger charge is -2.31. The predicted molar refractivity (Wildman–Crippen MR) is 66.6 cm³/mol. The van der Waals surface area contributed by atoms with E-state index >= 15 is 0 Å². The van der Waals surface area contributed by atoms with Crippen LogP contribution in [0.25, 0.3) is 0 Å². The molecule has 1 aliphatic rings. The highest BCUT2D eigenvalue weighted by Gasteiger charge is 2.21. The van der Waals surface area contributed by atoms with Gasteiger partial charge < -0.3 is 9.90 Å². The predicted octanol–water partition coefficient (Wildman–Crippen LogP) is 1.63. The van der Waals surface area contributed by atoms with Crippen LogP contribution in [-0.4, -0.2) is 35.9 Å². The van der Waals surface area contributed by atoms with Crippen LogP contribution in [0.2, 0.25) is 0 Å². The maximum atomic E-state index is 10.8. The van der Waals surface area contributed by atoms with Crippen LogP contribution in [0, 0.1) is 5.92 Å². The number of carbonyl (C=O) groups is 1. The number of benzene rings is 1. The Morgan fingerprint density at radius 3 is 2.88 bits per heavy atom. The van der Waals surface area contributed by atoms with Gasteiger partial charge in [0.15, 0.2) is 0 Å². The number of aliphatic hydroxyl groups is 1. The molecule has 2 rings (SSSR count). The minimum Gasteiger partial charge on any atom is -0.387 e. The summed E-state index contributed by atoms with van der Waals surface area (Å²) in [6.45, 7) is 2.38. The zero-order valence-electron chi connectivity index (χ0n) is 9.96. The fourth-order valence-electron chi connectivity index (χ4n) is 2.39. The molecular weight excluding hydrogens is 214 g/mol. The van der Waals surface area contributed by atoms with E-state index in [0.717, 1.165) is 37.8 Å². The van der Waals surface area contributed by atoms with Crippen molar-refractivity contribution >= 4 is 6.29 Å². The molecule has 3 heteroatoms. The molecule has 92 valence electrons. The summed E-state index contributed by atoms with van der Waals surface area (Å²) >= 11 is 0. The second-order valence-corrected chi connectivity index (χ2v) is 4.72. The molecule has 0 saturated carbocycles. The molecular formula is C14H19NO2. The normalized spacial score (nSPS) is 23.2. The van der Waals surface area contributed by atoms with Crippen LogP contribution in [-0.2, 0) is 4.79 Å². The lowest BCUT2D eigenvalue weighted by molar-refractivity contribution is -0.112. The van der Waals surface area contributed by atoms with Crippen molar-refractivity contribution < 1.29 is 9.90 Å². The van der Waals surface area contributed by atoms with E-state index in [-0.39, 0.29) is 5.92 Å². The number of hydrogen-bond acceptors (Lipinski definition) is 3. The topological polar surface area (TPSA) is 40.5 Å². The fourth-order valence-corrected chi connectivity index (χ4v) is 2.39. The zero-order valence-corrected chi connectivity index (χ0v) is 9.96. The summed E-state index contributed by atoms with van der Waals surface area (Å²) in [5.41, 5.74) is 0.945. The first kappa shape index (κ1) is 12.3. The molecule has 0 aliphatic carbocycles. The Balaban J connectivity index is 1.90. The van der Waals surface area contributed by atoms with E-state index in [4.69, 9.17) is 0 Å². The van der Waals surface area contributed by atoms with Crippen LogP contribution < -0.4 is 0 Å². The van der Waals surface area contributed by atoms with Gasteiger partial charge in [-0.1, -0.05) is 30.3 Å². The molecule has 1 aliphatic heterocycles. The molecule has 0 radical (unpaired) electrons. The fraction of sp³-hybridized carbons (Fsp3) is 0.500. The molecule has 1 saturated heterocycles. The summed E-state index contributed by atoms with van der Waals surface area (Å²) in [7, 11) is 0. The molecule has 1 fully saturated rings. The Hall–Kier alpha value is -1.19. The Morgan fingerprint density at radius 1 is 1.41 bits per heavy atom. The van der Waals surface area contributed by atoms with Gasteiger partial charge in [-0.25, -0.2) is 0 Å². The zero-order chi connectivity index (χ0) is 12.1. The summed E-state index contributed by atoms with van der Waals surface area (Å²) in [5.74, 6) is 0.145. The van der Waals surface area contributed by atoms with Crippen LogP contribution in [0.5, 0.6) is 0 Å². The summed E-state index contributed by atoms with van der Waals surface area (Å²) in [6.07, 6.45) is 2.62. The first-order chi connectivity index (χ1) is 8.29. The van der Waals surface area contributed by atoms with Crippen LogP contribution in [0.4, 0.5) is 0 Å². The third kappa shape index (κ3) is 3.38. The van der Waals surface area contributed by atoms with E-state index in [1.54, 1.807) is 0 Å². The molecule has 0 bridgehead atoms. The van der Waals surface area contributed by atoms with Gasteiger partial charge in [0.1, 0.15) is 6.29 Å². The number of likely N-dealkylation sites (tertiary alicyclic amines) is 1. The first-order valence-corrected chi connectivity index (χ1v) is 6.20. The average molecular weight is 233 g/mol. The Morgan fingerprint density at radius 2 is 2.18 bits per heavy atom. The second kappa shape index (κ2) is 5.94. The number of carbonyl (C=O) groups excluding carboxylic acids is 1. The third-order valence-electron chi connectivity index (χ3n) is 3.35. The second-order valence-electron chi connectivity index (χ2n) is 4.72. The largest absolute Gasteiger partial charge is 0.387 e. The Bertz CT molecular complexity index is 352. The standard InChI is InChI=1S/C14H19NO2/c16-11-12-5-4-8-15(9-12)10-14(17)13-6-2-1-3-7-13/h1-3,6-7,11-12,14,17H,4-5,8-10H2. The summed E-state index contributed by atoms with van der Waals surface area (Å²) in [4.78, 5) is 13.0. The van der Waals surface area contributed by atoms with E-state index in [2.05, 4.69) is 4.90 Å². The molecule has 0 spiro atoms. The van der Waals surface area contributed by atoms with Gasteiger partial charge in [-0.2, -0.15) is 0 Å². The molecule has 2 atom stereocenters. The van der Waals surface area contributed by atoms with E-state index in [9.17, 15) is 9.90 Å². The van der Waals surface area contributed by atoms with Crippen molar-refractivity contribution in [3.8, 4) is 0 Å². The SMILES string of the molecule is O=CC1CCCN(CC(O)c2ccccc2)C1. The van der Waals surface area contributed by atoms with E-state index in [1.807, 2.05) is 30.3 Å². The first-order valence-electron chi connectivity index (χ1n) is 6.20. The van der Waals surface area contributed by atoms with Crippen molar-refractivity contribution in [1.82, 2.24) is 4.90 Å². The highest BCUT2D eigenvalue weighted by atomic mass is 16.3. The monoisotopic (exact) mass is 233 g/mol. The summed E-state index contributed by atoms with van der Waals surface area (Å²) < 4.78 is 0. The number of aliphatic hydroxyl groups excluding tert-OH is 1. The maximum Gasteiger partial charge on any atom is 0.124 e. The van der Waals surface area contributed by atoms with Gasteiger partial charge in [0.2, 0.25) is 0 Å². The van der Waals surface area contributed by atoms with E-state index in [1.165, 1.54) is 0 Å². The van der Waals surface area contributed by atoms with Gasteiger partial charge in [0.25, 0.3) is 0 Å². The van der Waals surface area contributed by atoms with Crippen molar-refractivity contribution in [2.45, 2.75) is 18.9 Å².